The third-order valence-corrected chi connectivity index (χ3v) is 1.55. The van der Waals surface area contributed by atoms with Crippen molar-refractivity contribution in [3.63, 3.8) is 0 Å². The molecule has 1 aromatic carbocycles. The van der Waals surface area contributed by atoms with E-state index < -0.39 is 0 Å². The first-order valence-electron chi connectivity index (χ1n) is 4.07. The predicted molar refractivity (Wildman–Crippen MR) is 49.1 cm³/mol. The molecule has 0 fully saturated rings. The molecular weight excluding hydrogens is 168 g/mol. The Bertz CT molecular complexity index is 274. The molecule has 1 amide bonds. The number of nitrogens with one attached hydrogen (secondary N) is 1. The number of anilines is 1. The zero-order valence-electron chi connectivity index (χ0n) is 7.40. The summed E-state index contributed by atoms with van der Waals surface area (Å²) in [6.45, 7) is 1.72. The van der Waals surface area contributed by atoms with E-state index >= 15 is 0 Å². The molecule has 1 aromatic rings. The third kappa shape index (κ3) is 2.76. The standard InChI is InChI=1S/C9H12N2O2/c1-2-9(12)10-11(13)8-6-4-3-5-7-8/h3-7,13H,2H2,1H3,(H,10,12). The third-order valence-electron chi connectivity index (χ3n) is 1.55. The van der Waals surface area contributed by atoms with Gasteiger partial charge in [-0.05, 0) is 12.1 Å². The minimum absolute atomic E-state index is 0.230. The molecule has 4 nitrogen and oxygen atoms in total. The molecule has 0 saturated carbocycles. The van der Waals surface area contributed by atoms with Crippen molar-refractivity contribution in [3.05, 3.63) is 30.3 Å². The molecule has 0 heterocycles. The molecule has 0 saturated heterocycles. The van der Waals surface area contributed by atoms with Crippen molar-refractivity contribution in [3.8, 4) is 0 Å². The Morgan fingerprint density at radius 3 is 2.62 bits per heavy atom. The Labute approximate surface area is 76.7 Å². The van der Waals surface area contributed by atoms with E-state index in [0.29, 0.717) is 17.3 Å². The van der Waals surface area contributed by atoms with Crippen molar-refractivity contribution < 1.29 is 10.0 Å². The smallest absolute Gasteiger partial charge is 0.240 e. The van der Waals surface area contributed by atoms with Crippen LogP contribution in [-0.2, 0) is 4.79 Å². The number of amides is 1. The van der Waals surface area contributed by atoms with E-state index in [4.69, 9.17) is 0 Å². The van der Waals surface area contributed by atoms with Crippen LogP contribution in [0.15, 0.2) is 30.3 Å². The highest BCUT2D eigenvalue weighted by atomic mass is 16.5. The van der Waals surface area contributed by atoms with E-state index in [0.717, 1.165) is 0 Å². The number of carbonyl (C=O) groups excluding carboxylic acids is 1. The van der Waals surface area contributed by atoms with Gasteiger partial charge in [0.1, 0.15) is 0 Å². The van der Waals surface area contributed by atoms with Crippen LogP contribution in [-0.4, -0.2) is 11.1 Å². The van der Waals surface area contributed by atoms with E-state index in [1.54, 1.807) is 31.2 Å². The van der Waals surface area contributed by atoms with E-state index in [-0.39, 0.29) is 5.91 Å². The van der Waals surface area contributed by atoms with E-state index in [9.17, 15) is 10.0 Å². The number of hydrogen-bond acceptors (Lipinski definition) is 3. The summed E-state index contributed by atoms with van der Waals surface area (Å²) in [5.41, 5.74) is 2.83. The summed E-state index contributed by atoms with van der Waals surface area (Å²) in [4.78, 5) is 10.9. The molecule has 1 rings (SSSR count). The van der Waals surface area contributed by atoms with Crippen molar-refractivity contribution in [2.75, 3.05) is 5.17 Å². The highest BCUT2D eigenvalue weighted by Gasteiger charge is 2.03. The van der Waals surface area contributed by atoms with Gasteiger partial charge < -0.3 is 0 Å². The predicted octanol–water partition coefficient (Wildman–Crippen LogP) is 1.32. The molecule has 0 radical (unpaired) electrons. The van der Waals surface area contributed by atoms with Crippen molar-refractivity contribution >= 4 is 11.6 Å². The zero-order valence-corrected chi connectivity index (χ0v) is 7.40. The Hall–Kier alpha value is -1.55. The average molecular weight is 180 g/mol. The fourth-order valence-corrected chi connectivity index (χ4v) is 0.831. The van der Waals surface area contributed by atoms with Crippen LogP contribution in [0.25, 0.3) is 0 Å². The first-order chi connectivity index (χ1) is 6.24. The summed E-state index contributed by atoms with van der Waals surface area (Å²) in [6, 6.07) is 8.76. The van der Waals surface area contributed by atoms with Crippen molar-refractivity contribution in [1.82, 2.24) is 5.43 Å². The van der Waals surface area contributed by atoms with Crippen LogP contribution in [0.2, 0.25) is 0 Å². The molecular formula is C9H12N2O2. The van der Waals surface area contributed by atoms with Crippen LogP contribution in [0.1, 0.15) is 13.3 Å². The van der Waals surface area contributed by atoms with Crippen LogP contribution < -0.4 is 10.6 Å². The summed E-state index contributed by atoms with van der Waals surface area (Å²) in [5, 5.41) is 10.0. The second-order valence-corrected chi connectivity index (χ2v) is 2.54. The normalized spacial score (nSPS) is 9.38. The SMILES string of the molecule is CCC(=O)NN(O)c1ccccc1. The van der Waals surface area contributed by atoms with Gasteiger partial charge in [-0.25, -0.2) is 5.43 Å². The summed E-state index contributed by atoms with van der Waals surface area (Å²) >= 11 is 0. The van der Waals surface area contributed by atoms with Crippen LogP contribution in [0, 0.1) is 0 Å². The maximum absolute atomic E-state index is 10.9. The monoisotopic (exact) mass is 180 g/mol. The highest BCUT2D eigenvalue weighted by molar-refractivity contribution is 5.76. The lowest BCUT2D eigenvalue weighted by atomic mass is 10.3. The number of benzene rings is 1. The van der Waals surface area contributed by atoms with Crippen molar-refractivity contribution in [2.24, 2.45) is 0 Å². The number of hydrazine groups is 1. The van der Waals surface area contributed by atoms with Gasteiger partial charge in [0.25, 0.3) is 0 Å². The second kappa shape index (κ2) is 4.47. The second-order valence-electron chi connectivity index (χ2n) is 2.54. The topological polar surface area (TPSA) is 52.6 Å². The molecule has 0 aliphatic heterocycles. The number of rotatable bonds is 3. The van der Waals surface area contributed by atoms with Crippen molar-refractivity contribution in [1.29, 1.82) is 0 Å². The van der Waals surface area contributed by atoms with Gasteiger partial charge in [-0.1, -0.05) is 25.1 Å². The van der Waals surface area contributed by atoms with Crippen LogP contribution >= 0.6 is 0 Å². The molecule has 0 aliphatic rings. The molecule has 70 valence electrons. The summed E-state index contributed by atoms with van der Waals surface area (Å²) in [6.07, 6.45) is 0.337. The lowest BCUT2D eigenvalue weighted by molar-refractivity contribution is -0.122. The van der Waals surface area contributed by atoms with Crippen LogP contribution in [0.4, 0.5) is 5.69 Å². The molecule has 0 atom stereocenters. The van der Waals surface area contributed by atoms with Gasteiger partial charge in [0, 0.05) is 6.42 Å². The van der Waals surface area contributed by atoms with Gasteiger partial charge in [-0.3, -0.25) is 10.0 Å². The van der Waals surface area contributed by atoms with Gasteiger partial charge in [-0.15, -0.1) is 0 Å². The average Bonchev–Trinajstić information content (AvgIpc) is 2.19. The Balaban J connectivity index is 2.59. The largest absolute Gasteiger partial charge is 0.273 e. The highest BCUT2D eigenvalue weighted by Crippen LogP contribution is 2.07. The minimum Gasteiger partial charge on any atom is -0.273 e. The molecule has 13 heavy (non-hydrogen) atoms. The maximum Gasteiger partial charge on any atom is 0.240 e. The van der Waals surface area contributed by atoms with E-state index in [1.165, 1.54) is 0 Å². The molecule has 0 unspecified atom stereocenters. The molecule has 2 N–H and O–H groups in total. The zero-order chi connectivity index (χ0) is 9.68. The lowest BCUT2D eigenvalue weighted by Gasteiger charge is -2.16. The van der Waals surface area contributed by atoms with Crippen LogP contribution in [0.5, 0.6) is 0 Å². The molecule has 0 aliphatic carbocycles. The number of hydrogen-bond donors (Lipinski definition) is 2. The van der Waals surface area contributed by atoms with Gasteiger partial charge in [-0.2, -0.15) is 5.17 Å². The fourth-order valence-electron chi connectivity index (χ4n) is 0.831. The van der Waals surface area contributed by atoms with E-state index in [2.05, 4.69) is 5.43 Å². The quantitative estimate of drug-likeness (QED) is 0.690. The van der Waals surface area contributed by atoms with E-state index in [1.807, 2.05) is 6.07 Å². The van der Waals surface area contributed by atoms with Crippen molar-refractivity contribution in [2.45, 2.75) is 13.3 Å². The minimum atomic E-state index is -0.230. The molecule has 4 heteroatoms. The lowest BCUT2D eigenvalue weighted by Crippen LogP contribution is -2.39. The summed E-state index contributed by atoms with van der Waals surface area (Å²) in [5.74, 6) is -0.230. The van der Waals surface area contributed by atoms with Gasteiger partial charge in [0.05, 0.1) is 5.69 Å². The van der Waals surface area contributed by atoms with Gasteiger partial charge >= 0.3 is 0 Å². The molecule has 0 aromatic heterocycles. The first-order valence-corrected chi connectivity index (χ1v) is 4.07. The Morgan fingerprint density at radius 1 is 1.46 bits per heavy atom. The number of para-hydroxylation sites is 1. The number of nitrogens with zero attached hydrogens (tertiary/aromatic N) is 1. The maximum atomic E-state index is 10.9. The summed E-state index contributed by atoms with van der Waals surface area (Å²) in [7, 11) is 0. The Kier molecular flexibility index (Phi) is 3.28. The first kappa shape index (κ1) is 9.54. The molecule has 0 bridgehead atoms. The Morgan fingerprint density at radius 2 is 2.08 bits per heavy atom. The fraction of sp³-hybridized carbons (Fsp3) is 0.222. The van der Waals surface area contributed by atoms with Crippen LogP contribution in [0.3, 0.4) is 0 Å². The summed E-state index contributed by atoms with van der Waals surface area (Å²) < 4.78 is 0. The number of carbonyl (C=O) groups is 1. The van der Waals surface area contributed by atoms with Gasteiger partial charge in [0.2, 0.25) is 5.91 Å². The molecule has 0 spiro atoms. The van der Waals surface area contributed by atoms with Gasteiger partial charge in [0.15, 0.2) is 0 Å².